The van der Waals surface area contributed by atoms with Gasteiger partial charge in [-0.15, -0.1) is 0 Å². The first-order valence-corrected chi connectivity index (χ1v) is 7.68. The highest BCUT2D eigenvalue weighted by Gasteiger charge is 2.65. The standard InChI is InChI=1S/C15H15F3N2O6/c1-24-11-3-2-10-12(13(11)20(22)23)9(21)8-14(26-10,15(16,17)18)19-4-6-25-7-5-19/h2-3H,4-8H2,1H3. The van der Waals surface area contributed by atoms with Crippen LogP contribution in [0.1, 0.15) is 16.8 Å². The Morgan fingerprint density at radius 3 is 2.50 bits per heavy atom. The van der Waals surface area contributed by atoms with Crippen molar-refractivity contribution in [3.63, 3.8) is 0 Å². The number of benzene rings is 1. The third-order valence-electron chi connectivity index (χ3n) is 4.43. The van der Waals surface area contributed by atoms with Crippen LogP contribution >= 0.6 is 0 Å². The fourth-order valence-electron chi connectivity index (χ4n) is 3.22. The molecule has 1 aromatic carbocycles. The molecule has 1 unspecified atom stereocenters. The molecule has 142 valence electrons. The summed E-state index contributed by atoms with van der Waals surface area (Å²) in [6.45, 7) is -0.0449. The Labute approximate surface area is 145 Å². The van der Waals surface area contributed by atoms with E-state index >= 15 is 0 Å². The largest absolute Gasteiger partial charge is 0.490 e. The molecular formula is C15H15F3N2O6. The van der Waals surface area contributed by atoms with Crippen LogP contribution in [-0.2, 0) is 4.74 Å². The number of ether oxygens (including phenoxy) is 3. The van der Waals surface area contributed by atoms with E-state index in [1.54, 1.807) is 0 Å². The molecule has 0 bridgehead atoms. The molecule has 8 nitrogen and oxygen atoms in total. The number of Topliss-reactive ketones (excluding diaryl/α,β-unsaturated/α-hetero) is 1. The normalized spacial score (nSPS) is 23.9. The number of hydrogen-bond donors (Lipinski definition) is 0. The van der Waals surface area contributed by atoms with Gasteiger partial charge in [0, 0.05) is 13.1 Å². The minimum Gasteiger partial charge on any atom is -0.490 e. The average Bonchev–Trinajstić information content (AvgIpc) is 2.60. The molecule has 0 aliphatic carbocycles. The monoisotopic (exact) mass is 376 g/mol. The Morgan fingerprint density at radius 2 is 1.96 bits per heavy atom. The number of carbonyl (C=O) groups excluding carboxylic acids is 1. The van der Waals surface area contributed by atoms with E-state index in [9.17, 15) is 28.1 Å². The fourth-order valence-corrected chi connectivity index (χ4v) is 3.22. The summed E-state index contributed by atoms with van der Waals surface area (Å²) in [7, 11) is 1.16. The molecule has 0 N–H and O–H groups in total. The van der Waals surface area contributed by atoms with E-state index in [-0.39, 0.29) is 32.1 Å². The minimum atomic E-state index is -4.90. The maximum absolute atomic E-state index is 13.9. The summed E-state index contributed by atoms with van der Waals surface area (Å²) in [5.74, 6) is -1.74. The number of ketones is 1. The van der Waals surface area contributed by atoms with Gasteiger partial charge in [-0.05, 0) is 12.1 Å². The highest BCUT2D eigenvalue weighted by molar-refractivity contribution is 6.05. The zero-order chi connectivity index (χ0) is 19.1. The first-order valence-electron chi connectivity index (χ1n) is 7.68. The van der Waals surface area contributed by atoms with Crippen molar-refractivity contribution in [2.75, 3.05) is 33.4 Å². The summed E-state index contributed by atoms with van der Waals surface area (Å²) in [5, 5.41) is 11.3. The van der Waals surface area contributed by atoms with Gasteiger partial charge in [0.25, 0.3) is 5.72 Å². The van der Waals surface area contributed by atoms with E-state index < -0.39 is 46.0 Å². The number of rotatable bonds is 3. The lowest BCUT2D eigenvalue weighted by Gasteiger charge is -2.47. The first-order chi connectivity index (χ1) is 12.2. The molecule has 11 heteroatoms. The Hall–Kier alpha value is -2.40. The molecule has 0 spiro atoms. The van der Waals surface area contributed by atoms with Crippen molar-refractivity contribution < 1.29 is 37.1 Å². The fraction of sp³-hybridized carbons (Fsp3) is 0.533. The number of carbonyl (C=O) groups is 1. The van der Waals surface area contributed by atoms with E-state index in [1.807, 2.05) is 0 Å². The van der Waals surface area contributed by atoms with Gasteiger partial charge in [-0.2, -0.15) is 13.2 Å². The van der Waals surface area contributed by atoms with Crippen molar-refractivity contribution >= 4 is 11.5 Å². The van der Waals surface area contributed by atoms with E-state index in [4.69, 9.17) is 14.2 Å². The van der Waals surface area contributed by atoms with Crippen molar-refractivity contribution in [1.29, 1.82) is 0 Å². The number of nitrogens with zero attached hydrogens (tertiary/aromatic N) is 2. The molecule has 0 saturated carbocycles. The molecule has 1 fully saturated rings. The lowest BCUT2D eigenvalue weighted by atomic mass is 9.92. The molecule has 2 aliphatic rings. The highest BCUT2D eigenvalue weighted by atomic mass is 19.4. The number of nitro groups is 1. The highest BCUT2D eigenvalue weighted by Crippen LogP contribution is 2.49. The zero-order valence-electron chi connectivity index (χ0n) is 13.7. The van der Waals surface area contributed by atoms with Gasteiger partial charge in [0.1, 0.15) is 11.3 Å². The summed E-state index contributed by atoms with van der Waals surface area (Å²) in [4.78, 5) is 24.0. The zero-order valence-corrected chi connectivity index (χ0v) is 13.7. The van der Waals surface area contributed by atoms with Gasteiger partial charge in [0.05, 0.1) is 31.7 Å². The van der Waals surface area contributed by atoms with Gasteiger partial charge in [-0.3, -0.25) is 19.8 Å². The lowest BCUT2D eigenvalue weighted by Crippen LogP contribution is -2.67. The van der Waals surface area contributed by atoms with Gasteiger partial charge >= 0.3 is 11.9 Å². The Kier molecular flexibility index (Phi) is 4.53. The molecule has 1 atom stereocenters. The second-order valence-electron chi connectivity index (χ2n) is 5.83. The van der Waals surface area contributed by atoms with Gasteiger partial charge < -0.3 is 14.2 Å². The van der Waals surface area contributed by atoms with Crippen LogP contribution in [0, 0.1) is 10.1 Å². The quantitative estimate of drug-likeness (QED) is 0.590. The van der Waals surface area contributed by atoms with E-state index in [1.165, 1.54) is 0 Å². The number of nitro benzene ring substituents is 1. The van der Waals surface area contributed by atoms with Crippen molar-refractivity contribution in [3.8, 4) is 11.5 Å². The average molecular weight is 376 g/mol. The molecule has 0 radical (unpaired) electrons. The molecule has 26 heavy (non-hydrogen) atoms. The van der Waals surface area contributed by atoms with Crippen molar-refractivity contribution in [2.45, 2.75) is 18.3 Å². The van der Waals surface area contributed by atoms with Crippen molar-refractivity contribution in [2.24, 2.45) is 0 Å². The Morgan fingerprint density at radius 1 is 1.31 bits per heavy atom. The van der Waals surface area contributed by atoms with Crippen molar-refractivity contribution in [3.05, 3.63) is 27.8 Å². The van der Waals surface area contributed by atoms with Crippen LogP contribution in [0.4, 0.5) is 18.9 Å². The first kappa shape index (κ1) is 18.4. The van der Waals surface area contributed by atoms with E-state index in [0.29, 0.717) is 0 Å². The predicted octanol–water partition coefficient (Wildman–Crippen LogP) is 2.16. The number of alkyl halides is 3. The number of hydrogen-bond acceptors (Lipinski definition) is 7. The molecule has 3 rings (SSSR count). The smallest absolute Gasteiger partial charge is 0.443 e. The third kappa shape index (κ3) is 2.76. The van der Waals surface area contributed by atoms with Crippen LogP contribution in [0.25, 0.3) is 0 Å². The lowest BCUT2D eigenvalue weighted by molar-refractivity contribution is -0.386. The second kappa shape index (κ2) is 6.40. The topological polar surface area (TPSA) is 91.1 Å². The molecule has 1 aromatic rings. The van der Waals surface area contributed by atoms with Crippen LogP contribution in [0.5, 0.6) is 11.5 Å². The second-order valence-corrected chi connectivity index (χ2v) is 5.83. The van der Waals surface area contributed by atoms with Gasteiger partial charge in [0.15, 0.2) is 11.5 Å². The Balaban J connectivity index is 2.14. The van der Waals surface area contributed by atoms with Crippen LogP contribution in [0.2, 0.25) is 0 Å². The number of halogens is 3. The van der Waals surface area contributed by atoms with E-state index in [0.717, 1.165) is 24.1 Å². The van der Waals surface area contributed by atoms with Gasteiger partial charge in [-0.25, -0.2) is 0 Å². The predicted molar refractivity (Wildman–Crippen MR) is 80.4 cm³/mol. The summed E-state index contributed by atoms with van der Waals surface area (Å²) < 4.78 is 57.0. The summed E-state index contributed by atoms with van der Waals surface area (Å²) in [5.41, 5.74) is -4.10. The third-order valence-corrected chi connectivity index (χ3v) is 4.43. The van der Waals surface area contributed by atoms with Crippen LogP contribution in [-0.4, -0.2) is 60.9 Å². The SMILES string of the molecule is COc1ccc2c(c1[N+](=O)[O-])C(=O)CC(N1CCOCC1)(C(F)(F)F)O2. The summed E-state index contributed by atoms with van der Waals surface area (Å²) in [6.07, 6.45) is -5.98. The molecule has 2 heterocycles. The molecule has 0 aromatic heterocycles. The number of methoxy groups -OCH3 is 1. The molecule has 1 saturated heterocycles. The van der Waals surface area contributed by atoms with Gasteiger partial charge in [-0.1, -0.05) is 0 Å². The molecular weight excluding hydrogens is 361 g/mol. The summed E-state index contributed by atoms with van der Waals surface area (Å²) >= 11 is 0. The maximum atomic E-state index is 13.9. The van der Waals surface area contributed by atoms with Crippen molar-refractivity contribution in [1.82, 2.24) is 4.90 Å². The summed E-state index contributed by atoms with van der Waals surface area (Å²) in [6, 6.07) is 2.19. The Bertz CT molecular complexity index is 748. The molecule has 0 amide bonds. The van der Waals surface area contributed by atoms with Crippen LogP contribution in [0.15, 0.2) is 12.1 Å². The van der Waals surface area contributed by atoms with E-state index in [2.05, 4.69) is 0 Å². The van der Waals surface area contributed by atoms with Gasteiger partial charge in [0.2, 0.25) is 0 Å². The molecule has 2 aliphatic heterocycles. The minimum absolute atomic E-state index is 0.0605. The van der Waals surface area contributed by atoms with Crippen LogP contribution in [0.3, 0.4) is 0 Å². The maximum Gasteiger partial charge on any atom is 0.443 e. The number of morpholine rings is 1. The number of fused-ring (bicyclic) bond motifs is 1. The van der Waals surface area contributed by atoms with Crippen LogP contribution < -0.4 is 9.47 Å².